The second kappa shape index (κ2) is 9.64. The van der Waals surface area contributed by atoms with Gasteiger partial charge in [0.05, 0.1) is 26.5 Å². The van der Waals surface area contributed by atoms with Crippen LogP contribution in [0.25, 0.3) is 0 Å². The molecule has 0 saturated carbocycles. The highest BCUT2D eigenvalue weighted by molar-refractivity contribution is 5.81. The number of anilines is 1. The van der Waals surface area contributed by atoms with Crippen molar-refractivity contribution in [1.82, 2.24) is 20.1 Å². The third-order valence-electron chi connectivity index (χ3n) is 4.15. The maximum Gasteiger partial charge on any atom is 0.274 e. The number of carbonyl (C=O) groups excluding carboxylic acids is 1. The molecule has 1 aliphatic rings. The van der Waals surface area contributed by atoms with Crippen LogP contribution in [0.1, 0.15) is 11.3 Å². The Morgan fingerprint density at radius 2 is 2.14 bits per heavy atom. The fourth-order valence-electron chi connectivity index (χ4n) is 2.54. The molecule has 3 rings (SSSR count). The molecule has 154 valence electrons. The van der Waals surface area contributed by atoms with Crippen molar-refractivity contribution >= 4 is 18.1 Å². The van der Waals surface area contributed by atoms with Gasteiger partial charge in [-0.3, -0.25) is 14.6 Å². The monoisotopic (exact) mass is 402 g/mol. The van der Waals surface area contributed by atoms with Gasteiger partial charge in [-0.2, -0.15) is 5.10 Å². The molecule has 2 aromatic rings. The predicted octanol–water partition coefficient (Wildman–Crippen LogP) is 0.166. The van der Waals surface area contributed by atoms with Gasteiger partial charge in [0, 0.05) is 13.1 Å². The van der Waals surface area contributed by atoms with E-state index < -0.39 is 0 Å². The van der Waals surface area contributed by atoms with Gasteiger partial charge in [-0.15, -0.1) is 10.2 Å². The minimum atomic E-state index is -0.340. The zero-order valence-corrected chi connectivity index (χ0v) is 16.2. The van der Waals surface area contributed by atoms with Crippen molar-refractivity contribution in [3.05, 3.63) is 39.8 Å². The molecule has 1 aliphatic heterocycles. The molecule has 1 amide bonds. The van der Waals surface area contributed by atoms with Gasteiger partial charge in [-0.05, 0) is 30.7 Å². The quantitative estimate of drug-likeness (QED) is 0.495. The number of hydrazone groups is 1. The van der Waals surface area contributed by atoms with Crippen molar-refractivity contribution in [2.45, 2.75) is 6.92 Å². The number of ether oxygens (including phenoxy) is 3. The summed E-state index contributed by atoms with van der Waals surface area (Å²) in [5, 5.41) is 11.5. The van der Waals surface area contributed by atoms with Gasteiger partial charge in [0.1, 0.15) is 5.69 Å². The zero-order valence-electron chi connectivity index (χ0n) is 16.2. The molecule has 1 aromatic heterocycles. The van der Waals surface area contributed by atoms with Crippen LogP contribution in [-0.2, 0) is 9.53 Å². The van der Waals surface area contributed by atoms with Crippen LogP contribution in [0.5, 0.6) is 11.5 Å². The topological polar surface area (TPSA) is 131 Å². The van der Waals surface area contributed by atoms with Gasteiger partial charge in [0.2, 0.25) is 5.95 Å². The first-order chi connectivity index (χ1) is 14.1. The molecule has 0 unspecified atom stereocenters. The van der Waals surface area contributed by atoms with E-state index >= 15 is 0 Å². The molecule has 2 heterocycles. The summed E-state index contributed by atoms with van der Waals surface area (Å²) in [5.41, 5.74) is 3.24. The Morgan fingerprint density at radius 1 is 1.34 bits per heavy atom. The number of amides is 1. The highest BCUT2D eigenvalue weighted by Gasteiger charge is 2.18. The number of hydrogen-bond acceptors (Lipinski definition) is 9. The summed E-state index contributed by atoms with van der Waals surface area (Å²) in [6.45, 7) is 3.70. The fraction of sp³-hybridized carbons (Fsp3) is 0.389. The van der Waals surface area contributed by atoms with Gasteiger partial charge in [0.15, 0.2) is 18.1 Å². The normalized spacial score (nSPS) is 14.1. The lowest BCUT2D eigenvalue weighted by Gasteiger charge is -2.26. The summed E-state index contributed by atoms with van der Waals surface area (Å²) >= 11 is 0. The van der Waals surface area contributed by atoms with E-state index in [0.29, 0.717) is 43.4 Å². The largest absolute Gasteiger partial charge is 0.493 e. The molecule has 29 heavy (non-hydrogen) atoms. The second-order valence-corrected chi connectivity index (χ2v) is 6.15. The molecular weight excluding hydrogens is 380 g/mol. The Hall–Kier alpha value is -3.47. The van der Waals surface area contributed by atoms with E-state index in [0.717, 1.165) is 0 Å². The minimum absolute atomic E-state index is 0.0786. The van der Waals surface area contributed by atoms with E-state index in [1.54, 1.807) is 30.0 Å². The molecule has 0 bridgehead atoms. The van der Waals surface area contributed by atoms with Crippen LogP contribution in [-0.4, -0.2) is 72.2 Å². The molecule has 1 saturated heterocycles. The Morgan fingerprint density at radius 3 is 2.86 bits per heavy atom. The van der Waals surface area contributed by atoms with Gasteiger partial charge in [-0.25, -0.2) is 5.43 Å². The number of methoxy groups -OCH3 is 1. The van der Waals surface area contributed by atoms with Crippen LogP contribution in [0, 0.1) is 6.92 Å². The van der Waals surface area contributed by atoms with Crippen LogP contribution >= 0.6 is 0 Å². The van der Waals surface area contributed by atoms with Gasteiger partial charge >= 0.3 is 0 Å². The number of aryl methyl sites for hydroxylation is 1. The number of nitrogens with zero attached hydrogens (tertiary/aromatic N) is 4. The number of benzene rings is 1. The van der Waals surface area contributed by atoms with Crippen LogP contribution in [0.3, 0.4) is 0 Å². The maximum atomic E-state index is 12.2. The lowest BCUT2D eigenvalue weighted by molar-refractivity contribution is -0.137. The smallest absolute Gasteiger partial charge is 0.274 e. The van der Waals surface area contributed by atoms with E-state index in [4.69, 9.17) is 14.2 Å². The van der Waals surface area contributed by atoms with E-state index in [1.165, 1.54) is 13.3 Å². The minimum Gasteiger partial charge on any atom is -0.493 e. The van der Waals surface area contributed by atoms with E-state index in [2.05, 4.69) is 25.7 Å². The van der Waals surface area contributed by atoms with Crippen LogP contribution in [0.4, 0.5) is 5.95 Å². The summed E-state index contributed by atoms with van der Waals surface area (Å²) in [7, 11) is 1.51. The Balaban J connectivity index is 1.59. The summed E-state index contributed by atoms with van der Waals surface area (Å²) in [4.78, 5) is 27.9. The van der Waals surface area contributed by atoms with E-state index in [9.17, 15) is 9.59 Å². The average Bonchev–Trinajstić information content (AvgIpc) is 2.75. The highest BCUT2D eigenvalue weighted by Crippen LogP contribution is 2.27. The third kappa shape index (κ3) is 5.51. The number of aromatic nitrogens is 3. The van der Waals surface area contributed by atoms with Gasteiger partial charge < -0.3 is 19.1 Å². The van der Waals surface area contributed by atoms with E-state index in [1.807, 2.05) is 0 Å². The SMILES string of the molecule is COc1cc(/C=N\Nc2nnc(C)c(=O)[nH]2)ccc1OCC(=O)N1CCOCC1. The summed E-state index contributed by atoms with van der Waals surface area (Å²) < 4.78 is 16.2. The molecular formula is C18H22N6O5. The van der Waals surface area contributed by atoms with Crippen molar-refractivity contribution in [3.63, 3.8) is 0 Å². The molecule has 0 aliphatic carbocycles. The fourth-order valence-corrected chi connectivity index (χ4v) is 2.54. The van der Waals surface area contributed by atoms with Crippen molar-refractivity contribution in [2.75, 3.05) is 45.4 Å². The third-order valence-corrected chi connectivity index (χ3v) is 4.15. The van der Waals surface area contributed by atoms with Crippen molar-refractivity contribution in [3.8, 4) is 11.5 Å². The molecule has 1 fully saturated rings. The second-order valence-electron chi connectivity index (χ2n) is 6.15. The molecule has 11 heteroatoms. The van der Waals surface area contributed by atoms with E-state index in [-0.39, 0.29) is 29.7 Å². The molecule has 0 spiro atoms. The van der Waals surface area contributed by atoms with Gasteiger partial charge in [0.25, 0.3) is 11.5 Å². The first-order valence-corrected chi connectivity index (χ1v) is 8.96. The number of hydrogen-bond donors (Lipinski definition) is 2. The molecule has 2 N–H and O–H groups in total. The van der Waals surface area contributed by atoms with Crippen LogP contribution < -0.4 is 20.5 Å². The first-order valence-electron chi connectivity index (χ1n) is 8.96. The number of rotatable bonds is 7. The Bertz CT molecular complexity index is 939. The lowest BCUT2D eigenvalue weighted by atomic mass is 10.2. The summed E-state index contributed by atoms with van der Waals surface area (Å²) in [6, 6.07) is 5.16. The van der Waals surface area contributed by atoms with Gasteiger partial charge in [-0.1, -0.05) is 0 Å². The predicted molar refractivity (Wildman–Crippen MR) is 104 cm³/mol. The summed E-state index contributed by atoms with van der Waals surface area (Å²) in [5.74, 6) is 0.948. The Labute approximate surface area is 166 Å². The average molecular weight is 402 g/mol. The molecule has 0 radical (unpaired) electrons. The van der Waals surface area contributed by atoms with Crippen LogP contribution in [0.2, 0.25) is 0 Å². The number of carbonyl (C=O) groups is 1. The zero-order chi connectivity index (χ0) is 20.6. The Kier molecular flexibility index (Phi) is 6.74. The first kappa shape index (κ1) is 20.3. The number of H-pyrrole nitrogens is 1. The summed E-state index contributed by atoms with van der Waals surface area (Å²) in [6.07, 6.45) is 1.52. The molecule has 11 nitrogen and oxygen atoms in total. The van der Waals surface area contributed by atoms with Crippen LogP contribution in [0.15, 0.2) is 28.1 Å². The van der Waals surface area contributed by atoms with Crippen molar-refractivity contribution < 1.29 is 19.0 Å². The van der Waals surface area contributed by atoms with Crippen molar-refractivity contribution in [2.24, 2.45) is 5.10 Å². The highest BCUT2D eigenvalue weighted by atomic mass is 16.5. The lowest BCUT2D eigenvalue weighted by Crippen LogP contribution is -2.43. The molecule has 1 aromatic carbocycles. The number of aromatic amines is 1. The standard InChI is InChI=1S/C18H22N6O5/c1-12-17(26)20-18(23-21-12)22-19-10-13-3-4-14(15(9-13)27-2)29-11-16(25)24-5-7-28-8-6-24/h3-4,9-10H,5-8,11H2,1-2H3,(H2,20,22,23,26)/b19-10-. The number of nitrogens with one attached hydrogen (secondary N) is 2. The maximum absolute atomic E-state index is 12.2. The van der Waals surface area contributed by atoms with Crippen molar-refractivity contribution in [1.29, 1.82) is 0 Å². The number of morpholine rings is 1. The molecule has 0 atom stereocenters.